The molecule has 0 bridgehead atoms. The molecule has 5 rings (SSSR count). The van der Waals surface area contributed by atoms with Crippen LogP contribution in [0.2, 0.25) is 0 Å². The largest absolute Gasteiger partial charge is 0.502 e. The minimum Gasteiger partial charge on any atom is -0.502 e. The Bertz CT molecular complexity index is 1430. The molecule has 0 saturated carbocycles. The number of carbonyl (C=O) groups excluding carboxylic acids is 1. The Kier molecular flexibility index (Phi) is 5.09. The lowest BCUT2D eigenvalue weighted by Gasteiger charge is -2.50. The molecule has 1 unspecified atom stereocenters. The summed E-state index contributed by atoms with van der Waals surface area (Å²) in [6.45, 7) is 0. The van der Waals surface area contributed by atoms with Gasteiger partial charge in [0.05, 0.1) is 17.7 Å². The van der Waals surface area contributed by atoms with Gasteiger partial charge in [-0.2, -0.15) is 5.26 Å². The number of rotatable bonds is 1. The van der Waals surface area contributed by atoms with Gasteiger partial charge >= 0.3 is 0 Å². The van der Waals surface area contributed by atoms with Gasteiger partial charge in [0.2, 0.25) is 5.43 Å². The van der Waals surface area contributed by atoms with Gasteiger partial charge in [0, 0.05) is 19.3 Å². The minimum absolute atomic E-state index is 0.226. The first kappa shape index (κ1) is 21.6. The van der Waals surface area contributed by atoms with Crippen molar-refractivity contribution in [3.8, 4) is 11.8 Å². The van der Waals surface area contributed by atoms with Gasteiger partial charge in [0.1, 0.15) is 6.17 Å². The van der Waals surface area contributed by atoms with E-state index in [1.165, 1.54) is 21.8 Å². The first-order valence-corrected chi connectivity index (χ1v) is 10.8. The highest BCUT2D eigenvalue weighted by molar-refractivity contribution is 5.96. The Morgan fingerprint density at radius 3 is 2.59 bits per heavy atom. The Hall–Kier alpha value is -4.19. The zero-order chi connectivity index (χ0) is 24.1. The van der Waals surface area contributed by atoms with Gasteiger partial charge < -0.3 is 10.0 Å². The second kappa shape index (κ2) is 7.99. The highest BCUT2D eigenvalue weighted by atomic mass is 19.2. The fourth-order valence-corrected chi connectivity index (χ4v) is 4.99. The number of aromatic hydroxyl groups is 1. The van der Waals surface area contributed by atoms with Crippen LogP contribution >= 0.6 is 0 Å². The van der Waals surface area contributed by atoms with Crippen LogP contribution in [0.25, 0.3) is 0 Å². The van der Waals surface area contributed by atoms with Gasteiger partial charge in [-0.25, -0.2) is 8.78 Å². The number of nitriles is 1. The number of hydrogen-bond donors (Lipinski definition) is 1. The van der Waals surface area contributed by atoms with Gasteiger partial charge in [-0.1, -0.05) is 18.2 Å². The van der Waals surface area contributed by atoms with Gasteiger partial charge in [0.25, 0.3) is 5.91 Å². The van der Waals surface area contributed by atoms with Crippen LogP contribution in [0.1, 0.15) is 51.6 Å². The summed E-state index contributed by atoms with van der Waals surface area (Å²) in [6.07, 6.45) is 2.36. The van der Waals surface area contributed by atoms with Crippen LogP contribution in [0, 0.1) is 23.0 Å². The number of amides is 1. The van der Waals surface area contributed by atoms with Crippen LogP contribution < -0.4 is 10.4 Å². The van der Waals surface area contributed by atoms with E-state index in [0.717, 1.165) is 12.1 Å². The van der Waals surface area contributed by atoms with Crippen molar-refractivity contribution >= 4 is 5.91 Å². The Balaban J connectivity index is 1.89. The van der Waals surface area contributed by atoms with Crippen molar-refractivity contribution in [2.75, 3.05) is 12.1 Å². The normalized spacial score (nSPS) is 19.4. The quantitative estimate of drug-likeness (QED) is 0.600. The molecule has 1 aromatic heterocycles. The number of nitrogens with zero attached hydrogens (tertiary/aromatic N) is 4. The van der Waals surface area contributed by atoms with Gasteiger partial charge in [0.15, 0.2) is 23.1 Å². The zero-order valence-corrected chi connectivity index (χ0v) is 18.2. The lowest BCUT2D eigenvalue weighted by molar-refractivity contribution is 0.0600. The number of carbonyl (C=O) groups is 1. The molecule has 0 fully saturated rings. The first-order valence-electron chi connectivity index (χ1n) is 10.8. The predicted molar refractivity (Wildman–Crippen MR) is 119 cm³/mol. The molecule has 1 amide bonds. The summed E-state index contributed by atoms with van der Waals surface area (Å²) in [5, 5.41) is 22.1. The lowest BCUT2D eigenvalue weighted by atomic mass is 9.86. The van der Waals surface area contributed by atoms with E-state index in [1.54, 1.807) is 36.3 Å². The summed E-state index contributed by atoms with van der Waals surface area (Å²) in [7, 11) is 1.57. The maximum atomic E-state index is 14.6. The molecule has 2 atom stereocenters. The molecule has 9 heteroatoms. The van der Waals surface area contributed by atoms with Crippen LogP contribution in [0.4, 0.5) is 8.78 Å². The number of fused-ring (bicyclic) bond motifs is 4. The predicted octanol–water partition coefficient (Wildman–Crippen LogP) is 3.18. The minimum atomic E-state index is -1.03. The second-order valence-corrected chi connectivity index (χ2v) is 8.46. The third-order valence-electron chi connectivity index (χ3n) is 6.60. The Morgan fingerprint density at radius 2 is 1.82 bits per heavy atom. The molecule has 1 N–H and O–H groups in total. The van der Waals surface area contributed by atoms with Crippen molar-refractivity contribution in [1.29, 1.82) is 5.26 Å². The van der Waals surface area contributed by atoms with Gasteiger partial charge in [-0.15, -0.1) is 0 Å². The van der Waals surface area contributed by atoms with E-state index in [1.807, 2.05) is 0 Å². The third kappa shape index (κ3) is 3.14. The summed E-state index contributed by atoms with van der Waals surface area (Å²) in [4.78, 5) is 26.8. The van der Waals surface area contributed by atoms with Crippen LogP contribution in [0.15, 0.2) is 53.5 Å². The van der Waals surface area contributed by atoms with Crippen molar-refractivity contribution in [3.05, 3.63) is 98.5 Å². The number of hydrogen-bond acceptors (Lipinski definition) is 5. The van der Waals surface area contributed by atoms with E-state index in [4.69, 9.17) is 0 Å². The summed E-state index contributed by atoms with van der Waals surface area (Å²) in [6, 6.07) is 11.6. The standard InChI is InChI=1S/C25H20F2N4O3/c1-29-21-8-4-6-14-11-18(26)19(27)12-17(14)22(16-7-3-2-5-15(16)13-28)31(21)30-10-9-20(32)24(33)23(30)25(29)34/h2-3,5,7,9-12,21-22,33H,4,6,8H2,1H3/t21?,22-/m0/s1. The molecule has 0 radical (unpaired) electrons. The molecule has 0 saturated heterocycles. The van der Waals surface area contributed by atoms with Gasteiger partial charge in [-0.3, -0.25) is 19.3 Å². The summed E-state index contributed by atoms with van der Waals surface area (Å²) >= 11 is 0. The van der Waals surface area contributed by atoms with Crippen molar-refractivity contribution in [3.63, 3.8) is 0 Å². The van der Waals surface area contributed by atoms with Gasteiger partial charge in [-0.05, 0) is 54.2 Å². The maximum absolute atomic E-state index is 14.6. The van der Waals surface area contributed by atoms with Crippen LogP contribution in [0.3, 0.4) is 0 Å². The number of pyridine rings is 1. The third-order valence-corrected chi connectivity index (χ3v) is 6.60. The lowest BCUT2D eigenvalue weighted by Crippen LogP contribution is -2.61. The van der Waals surface area contributed by atoms with E-state index in [2.05, 4.69) is 6.07 Å². The van der Waals surface area contributed by atoms with Crippen LogP contribution in [0.5, 0.6) is 5.75 Å². The molecule has 2 aromatic carbocycles. The number of halogens is 2. The Morgan fingerprint density at radius 1 is 1.09 bits per heavy atom. The number of aromatic nitrogens is 1. The molecule has 34 heavy (non-hydrogen) atoms. The molecule has 0 spiro atoms. The molecule has 7 nitrogen and oxygen atoms in total. The molecule has 172 valence electrons. The SMILES string of the molecule is CN1C(=O)c2c(O)c(=O)ccn2N2C1CCCc1cc(F)c(F)cc1[C@@H]2c1ccccc1C#N. The molecule has 0 aliphatic carbocycles. The van der Waals surface area contributed by atoms with E-state index in [9.17, 15) is 28.7 Å². The molecule has 2 aliphatic heterocycles. The van der Waals surface area contributed by atoms with E-state index in [-0.39, 0.29) is 5.69 Å². The van der Waals surface area contributed by atoms with Crippen LogP contribution in [-0.4, -0.2) is 33.8 Å². The smallest absolute Gasteiger partial charge is 0.277 e. The summed E-state index contributed by atoms with van der Waals surface area (Å²) in [5.41, 5.74) is 0.945. The Labute approximate surface area is 193 Å². The van der Waals surface area contributed by atoms with E-state index < -0.39 is 40.9 Å². The second-order valence-electron chi connectivity index (χ2n) is 8.46. The summed E-state index contributed by atoms with van der Waals surface area (Å²) in [5.74, 6) is -3.22. The fourth-order valence-electron chi connectivity index (χ4n) is 4.99. The van der Waals surface area contributed by atoms with Crippen molar-refractivity contribution < 1.29 is 18.7 Å². The maximum Gasteiger partial charge on any atom is 0.277 e. The molecular formula is C25H20F2N4O3. The average Bonchev–Trinajstić information content (AvgIpc) is 2.82. The van der Waals surface area contributed by atoms with Crippen LogP contribution in [-0.2, 0) is 6.42 Å². The topological polar surface area (TPSA) is 89.6 Å². The number of benzene rings is 2. The molecule has 3 heterocycles. The monoisotopic (exact) mass is 462 g/mol. The number of aryl methyl sites for hydroxylation is 1. The highest BCUT2D eigenvalue weighted by Gasteiger charge is 2.43. The van der Waals surface area contributed by atoms with Crippen molar-refractivity contribution in [1.82, 2.24) is 9.58 Å². The summed E-state index contributed by atoms with van der Waals surface area (Å²) < 4.78 is 30.2. The molecule has 3 aromatic rings. The van der Waals surface area contributed by atoms with Crippen molar-refractivity contribution in [2.45, 2.75) is 31.5 Å². The van der Waals surface area contributed by atoms with E-state index >= 15 is 0 Å². The average molecular weight is 462 g/mol. The molecular weight excluding hydrogens is 442 g/mol. The highest BCUT2D eigenvalue weighted by Crippen LogP contribution is 2.40. The fraction of sp³-hybridized carbons (Fsp3) is 0.240. The molecule has 2 aliphatic rings. The zero-order valence-electron chi connectivity index (χ0n) is 18.2. The van der Waals surface area contributed by atoms with Crippen molar-refractivity contribution in [2.24, 2.45) is 0 Å². The van der Waals surface area contributed by atoms with E-state index in [0.29, 0.717) is 41.5 Å². The first-order chi connectivity index (χ1) is 16.3.